The summed E-state index contributed by atoms with van der Waals surface area (Å²) >= 11 is 0. The summed E-state index contributed by atoms with van der Waals surface area (Å²) in [5.74, 6) is 2.07. The first-order valence-electron chi connectivity index (χ1n) is 9.43. The first-order chi connectivity index (χ1) is 14.3. The molecule has 29 heavy (non-hydrogen) atoms. The molecule has 0 saturated carbocycles. The number of ether oxygens (including phenoxy) is 1. The number of anilines is 4. The molecule has 0 atom stereocenters. The van der Waals surface area contributed by atoms with Crippen molar-refractivity contribution < 1.29 is 4.74 Å². The summed E-state index contributed by atoms with van der Waals surface area (Å²) in [7, 11) is 1.65. The Bertz CT molecular complexity index is 1050. The Morgan fingerprint density at radius 2 is 1.52 bits per heavy atom. The van der Waals surface area contributed by atoms with Crippen LogP contribution in [0.4, 0.5) is 23.1 Å². The fourth-order valence-electron chi connectivity index (χ4n) is 3.11. The van der Waals surface area contributed by atoms with E-state index < -0.39 is 0 Å². The fraction of sp³-hybridized carbons (Fsp3) is 0.0833. The Kier molecular flexibility index (Phi) is 5.67. The van der Waals surface area contributed by atoms with Gasteiger partial charge in [-0.05, 0) is 35.9 Å². The lowest BCUT2D eigenvalue weighted by molar-refractivity contribution is 0.417. The quantitative estimate of drug-likeness (QED) is 0.453. The third kappa shape index (κ3) is 4.52. The highest BCUT2D eigenvalue weighted by atomic mass is 16.5. The average molecular weight is 382 g/mol. The van der Waals surface area contributed by atoms with Gasteiger partial charge in [0.05, 0.1) is 12.8 Å². The van der Waals surface area contributed by atoms with Crippen LogP contribution in [0.1, 0.15) is 5.56 Å². The molecular weight excluding hydrogens is 360 g/mol. The molecule has 0 spiro atoms. The lowest BCUT2D eigenvalue weighted by Gasteiger charge is -2.24. The maximum Gasteiger partial charge on any atom is 0.229 e. The van der Waals surface area contributed by atoms with E-state index in [1.54, 1.807) is 13.3 Å². The van der Waals surface area contributed by atoms with E-state index in [0.717, 1.165) is 22.9 Å². The molecule has 1 aromatic heterocycles. The average Bonchev–Trinajstić information content (AvgIpc) is 2.79. The summed E-state index contributed by atoms with van der Waals surface area (Å²) in [6, 6.07) is 30.2. The van der Waals surface area contributed by atoms with Gasteiger partial charge in [-0.3, -0.25) is 0 Å². The van der Waals surface area contributed by atoms with Crippen molar-refractivity contribution in [2.24, 2.45) is 0 Å². The van der Waals surface area contributed by atoms with Gasteiger partial charge in [0.25, 0.3) is 0 Å². The SMILES string of the molecule is COc1ccccc1Nc1nccc(N(Cc2ccccc2)c2ccccc2)n1. The molecule has 0 radical (unpaired) electrons. The number of rotatable bonds is 7. The molecule has 0 aliphatic carbocycles. The second-order valence-corrected chi connectivity index (χ2v) is 6.47. The molecule has 1 heterocycles. The zero-order valence-corrected chi connectivity index (χ0v) is 16.2. The van der Waals surface area contributed by atoms with Gasteiger partial charge >= 0.3 is 0 Å². The van der Waals surface area contributed by atoms with Crippen molar-refractivity contribution in [3.05, 3.63) is 103 Å². The number of aromatic nitrogens is 2. The Labute approximate surface area is 170 Å². The van der Waals surface area contributed by atoms with Crippen molar-refractivity contribution in [3.63, 3.8) is 0 Å². The molecule has 0 amide bonds. The lowest BCUT2D eigenvalue weighted by Crippen LogP contribution is -2.18. The summed E-state index contributed by atoms with van der Waals surface area (Å²) in [6.45, 7) is 0.704. The Morgan fingerprint density at radius 3 is 2.28 bits per heavy atom. The number of para-hydroxylation sites is 3. The molecule has 0 saturated heterocycles. The molecular formula is C24H22N4O. The van der Waals surface area contributed by atoms with Gasteiger partial charge in [0.15, 0.2) is 0 Å². The van der Waals surface area contributed by atoms with Crippen LogP contribution in [0.25, 0.3) is 0 Å². The van der Waals surface area contributed by atoms with E-state index in [1.165, 1.54) is 5.56 Å². The minimum Gasteiger partial charge on any atom is -0.495 e. The number of methoxy groups -OCH3 is 1. The van der Waals surface area contributed by atoms with Crippen LogP contribution in [0.2, 0.25) is 0 Å². The van der Waals surface area contributed by atoms with Gasteiger partial charge in [-0.25, -0.2) is 4.98 Å². The predicted molar refractivity (Wildman–Crippen MR) is 117 cm³/mol. The summed E-state index contributed by atoms with van der Waals surface area (Å²) in [6.07, 6.45) is 1.76. The van der Waals surface area contributed by atoms with Crippen molar-refractivity contribution in [1.29, 1.82) is 0 Å². The van der Waals surface area contributed by atoms with Gasteiger partial charge in [-0.2, -0.15) is 4.98 Å². The largest absolute Gasteiger partial charge is 0.495 e. The summed E-state index contributed by atoms with van der Waals surface area (Å²) in [5, 5.41) is 3.26. The highest BCUT2D eigenvalue weighted by Gasteiger charge is 2.13. The zero-order valence-electron chi connectivity index (χ0n) is 16.2. The first-order valence-corrected chi connectivity index (χ1v) is 9.43. The summed E-state index contributed by atoms with van der Waals surface area (Å²) in [4.78, 5) is 11.3. The van der Waals surface area contributed by atoms with Gasteiger partial charge in [0.2, 0.25) is 5.95 Å². The van der Waals surface area contributed by atoms with E-state index in [9.17, 15) is 0 Å². The molecule has 0 unspecified atom stereocenters. The molecule has 0 bridgehead atoms. The van der Waals surface area contributed by atoms with Crippen molar-refractivity contribution in [2.75, 3.05) is 17.3 Å². The van der Waals surface area contributed by atoms with E-state index in [-0.39, 0.29) is 0 Å². The lowest BCUT2D eigenvalue weighted by atomic mass is 10.2. The van der Waals surface area contributed by atoms with Crippen LogP contribution in [0, 0.1) is 0 Å². The van der Waals surface area contributed by atoms with Crippen LogP contribution in [0.3, 0.4) is 0 Å². The van der Waals surface area contributed by atoms with Gasteiger partial charge in [0.1, 0.15) is 11.6 Å². The molecule has 0 aliphatic rings. The monoisotopic (exact) mass is 382 g/mol. The smallest absolute Gasteiger partial charge is 0.229 e. The van der Waals surface area contributed by atoms with Crippen molar-refractivity contribution in [2.45, 2.75) is 6.54 Å². The minimum atomic E-state index is 0.515. The van der Waals surface area contributed by atoms with E-state index in [1.807, 2.05) is 66.7 Å². The van der Waals surface area contributed by atoms with Crippen molar-refractivity contribution in [1.82, 2.24) is 9.97 Å². The van der Waals surface area contributed by atoms with Crippen LogP contribution < -0.4 is 15.0 Å². The predicted octanol–water partition coefficient (Wildman–Crippen LogP) is 5.57. The number of hydrogen-bond acceptors (Lipinski definition) is 5. The normalized spacial score (nSPS) is 10.4. The van der Waals surface area contributed by atoms with Crippen LogP contribution in [0.5, 0.6) is 5.75 Å². The van der Waals surface area contributed by atoms with E-state index >= 15 is 0 Å². The van der Waals surface area contributed by atoms with E-state index in [4.69, 9.17) is 9.72 Å². The Morgan fingerprint density at radius 1 is 0.828 bits per heavy atom. The van der Waals surface area contributed by atoms with Crippen LogP contribution in [-0.2, 0) is 6.54 Å². The highest BCUT2D eigenvalue weighted by Crippen LogP contribution is 2.29. The Balaban J connectivity index is 1.67. The Hall–Kier alpha value is -3.86. The molecule has 5 nitrogen and oxygen atoms in total. The standard InChI is InChI=1S/C24H22N4O/c1-29-22-15-9-8-14-21(22)26-24-25-17-16-23(27-24)28(20-12-6-3-7-13-20)18-19-10-4-2-5-11-19/h2-17H,18H2,1H3,(H,25,26,27). The van der Waals surface area contributed by atoms with E-state index in [2.05, 4.69) is 39.5 Å². The maximum atomic E-state index is 5.42. The minimum absolute atomic E-state index is 0.515. The molecule has 4 aromatic rings. The molecule has 3 aromatic carbocycles. The second kappa shape index (κ2) is 8.89. The van der Waals surface area contributed by atoms with Gasteiger partial charge in [0, 0.05) is 18.4 Å². The van der Waals surface area contributed by atoms with E-state index in [0.29, 0.717) is 12.5 Å². The molecule has 0 aliphatic heterocycles. The summed E-state index contributed by atoms with van der Waals surface area (Å²) in [5.41, 5.74) is 3.09. The molecule has 4 rings (SSSR count). The van der Waals surface area contributed by atoms with Crippen LogP contribution in [0.15, 0.2) is 97.2 Å². The molecule has 5 heteroatoms. The number of nitrogens with zero attached hydrogens (tertiary/aromatic N) is 3. The van der Waals surface area contributed by atoms with Gasteiger partial charge in [-0.15, -0.1) is 0 Å². The molecule has 0 fully saturated rings. The van der Waals surface area contributed by atoms with Crippen molar-refractivity contribution in [3.8, 4) is 5.75 Å². The second-order valence-electron chi connectivity index (χ2n) is 6.47. The third-order valence-corrected chi connectivity index (χ3v) is 4.52. The number of hydrogen-bond donors (Lipinski definition) is 1. The maximum absolute atomic E-state index is 5.42. The molecule has 144 valence electrons. The topological polar surface area (TPSA) is 50.3 Å². The highest BCUT2D eigenvalue weighted by molar-refractivity contribution is 5.65. The molecule has 1 N–H and O–H groups in total. The van der Waals surface area contributed by atoms with Gasteiger partial charge < -0.3 is 15.0 Å². The van der Waals surface area contributed by atoms with Crippen LogP contribution >= 0.6 is 0 Å². The van der Waals surface area contributed by atoms with Crippen LogP contribution in [-0.4, -0.2) is 17.1 Å². The van der Waals surface area contributed by atoms with Crippen molar-refractivity contribution >= 4 is 23.1 Å². The summed E-state index contributed by atoms with van der Waals surface area (Å²) < 4.78 is 5.42. The third-order valence-electron chi connectivity index (χ3n) is 4.52. The zero-order chi connectivity index (χ0) is 19.9. The van der Waals surface area contributed by atoms with Gasteiger partial charge in [-0.1, -0.05) is 60.7 Å². The first kappa shape index (κ1) is 18.5. The number of benzene rings is 3. The number of nitrogens with one attached hydrogen (secondary N) is 1. The fourth-order valence-corrected chi connectivity index (χ4v) is 3.11.